The van der Waals surface area contributed by atoms with Gasteiger partial charge in [0.15, 0.2) is 0 Å². The molecule has 0 unspecified atom stereocenters. The first kappa shape index (κ1) is 20.9. The van der Waals surface area contributed by atoms with Crippen LogP contribution in [0.5, 0.6) is 0 Å². The molecule has 0 atom stereocenters. The van der Waals surface area contributed by atoms with Gasteiger partial charge in [-0.2, -0.15) is 0 Å². The summed E-state index contributed by atoms with van der Waals surface area (Å²) in [4.78, 5) is 23.0. The van der Waals surface area contributed by atoms with E-state index in [1.165, 1.54) is 6.92 Å². The number of carbonyl (C=O) groups excluding carboxylic acids is 2. The van der Waals surface area contributed by atoms with Crippen molar-refractivity contribution in [2.24, 2.45) is 5.92 Å². The van der Waals surface area contributed by atoms with Gasteiger partial charge >= 0.3 is 0 Å². The van der Waals surface area contributed by atoms with Gasteiger partial charge in [-0.3, -0.25) is 9.59 Å². The molecule has 3 N–H and O–H groups in total. The average molecular weight is 343 g/mol. The van der Waals surface area contributed by atoms with Crippen LogP contribution in [-0.4, -0.2) is 63.4 Å². The summed E-state index contributed by atoms with van der Waals surface area (Å²) in [5.74, 6) is 0.495. The van der Waals surface area contributed by atoms with E-state index >= 15 is 0 Å². The minimum atomic E-state index is -0.665. The molecule has 1 saturated heterocycles. The Morgan fingerprint density at radius 2 is 1.83 bits per heavy atom. The van der Waals surface area contributed by atoms with Crippen molar-refractivity contribution in [3.63, 3.8) is 0 Å². The summed E-state index contributed by atoms with van der Waals surface area (Å²) in [5, 5.41) is 8.75. The quantitative estimate of drug-likeness (QED) is 0.474. The third-order valence-corrected chi connectivity index (χ3v) is 4.08. The fourth-order valence-corrected chi connectivity index (χ4v) is 2.45. The summed E-state index contributed by atoms with van der Waals surface area (Å²) in [7, 11) is 0. The molecule has 1 aliphatic rings. The predicted octanol–water partition coefficient (Wildman–Crippen LogP) is 0.440. The van der Waals surface area contributed by atoms with Crippen molar-refractivity contribution in [2.75, 3.05) is 46.1 Å². The van der Waals surface area contributed by atoms with E-state index in [0.717, 1.165) is 39.1 Å². The summed E-state index contributed by atoms with van der Waals surface area (Å²) in [6.07, 6.45) is 2.96. The Bertz CT molecular complexity index is 382. The molecule has 0 radical (unpaired) electrons. The lowest BCUT2D eigenvalue weighted by atomic mass is 10.0. The molecule has 0 aromatic heterocycles. The lowest BCUT2D eigenvalue weighted by Crippen LogP contribution is -2.54. The first-order valence-corrected chi connectivity index (χ1v) is 8.85. The topological polar surface area (TPSA) is 88.7 Å². The van der Waals surface area contributed by atoms with Crippen LogP contribution < -0.4 is 16.0 Å². The van der Waals surface area contributed by atoms with Gasteiger partial charge in [0, 0.05) is 53.0 Å². The zero-order valence-corrected chi connectivity index (χ0v) is 15.3. The van der Waals surface area contributed by atoms with Gasteiger partial charge in [-0.1, -0.05) is 0 Å². The van der Waals surface area contributed by atoms with Gasteiger partial charge in [-0.05, 0) is 39.0 Å². The smallest absolute Gasteiger partial charge is 0.239 e. The van der Waals surface area contributed by atoms with Gasteiger partial charge in [-0.25, -0.2) is 0 Å². The maximum absolute atomic E-state index is 12.2. The van der Waals surface area contributed by atoms with Gasteiger partial charge in [-0.15, -0.1) is 0 Å². The summed E-state index contributed by atoms with van der Waals surface area (Å²) in [6, 6.07) is 0. The second-order valence-corrected chi connectivity index (χ2v) is 6.77. The molecule has 7 heteroatoms. The third kappa shape index (κ3) is 9.20. The van der Waals surface area contributed by atoms with E-state index in [2.05, 4.69) is 16.0 Å². The molecule has 1 fully saturated rings. The number of rotatable bonds is 11. The number of ether oxygens (including phenoxy) is 2. The number of hydrogen-bond donors (Lipinski definition) is 3. The molecular formula is C17H33N3O4. The van der Waals surface area contributed by atoms with Crippen LogP contribution in [-0.2, 0) is 19.1 Å². The minimum absolute atomic E-state index is 0.0465. The van der Waals surface area contributed by atoms with E-state index in [1.807, 2.05) is 13.8 Å². The maximum Gasteiger partial charge on any atom is 0.239 e. The van der Waals surface area contributed by atoms with Crippen LogP contribution in [0.1, 0.15) is 40.0 Å². The molecule has 0 spiro atoms. The molecule has 0 aromatic rings. The zero-order chi connectivity index (χ0) is 17.8. The largest absolute Gasteiger partial charge is 0.381 e. The lowest BCUT2D eigenvalue weighted by Gasteiger charge is -2.25. The number of amides is 2. The SMILES string of the molecule is CC(=O)NCCNC(C)(C)C(=O)NCCCOCC1CCOCC1. The van der Waals surface area contributed by atoms with Gasteiger partial charge in [0.1, 0.15) is 0 Å². The Morgan fingerprint density at radius 1 is 1.12 bits per heavy atom. The molecule has 0 saturated carbocycles. The Kier molecular flexibility index (Phi) is 9.90. The van der Waals surface area contributed by atoms with Crippen LogP contribution in [0.2, 0.25) is 0 Å². The second-order valence-electron chi connectivity index (χ2n) is 6.77. The molecule has 1 rings (SSSR count). The molecule has 1 aliphatic heterocycles. The Hall–Kier alpha value is -1.18. The van der Waals surface area contributed by atoms with Crippen molar-refractivity contribution >= 4 is 11.8 Å². The fraction of sp³-hybridized carbons (Fsp3) is 0.882. The van der Waals surface area contributed by atoms with E-state index in [1.54, 1.807) is 0 Å². The van der Waals surface area contributed by atoms with E-state index < -0.39 is 5.54 Å². The molecule has 0 bridgehead atoms. The Labute approximate surface area is 145 Å². The van der Waals surface area contributed by atoms with Crippen LogP contribution >= 0.6 is 0 Å². The zero-order valence-electron chi connectivity index (χ0n) is 15.3. The summed E-state index contributed by atoms with van der Waals surface area (Å²) >= 11 is 0. The van der Waals surface area contributed by atoms with Crippen molar-refractivity contribution in [1.82, 2.24) is 16.0 Å². The monoisotopic (exact) mass is 343 g/mol. The predicted molar refractivity (Wildman–Crippen MR) is 92.8 cm³/mol. The maximum atomic E-state index is 12.2. The van der Waals surface area contributed by atoms with Crippen molar-refractivity contribution in [3.05, 3.63) is 0 Å². The first-order valence-electron chi connectivity index (χ1n) is 8.85. The van der Waals surface area contributed by atoms with E-state index in [9.17, 15) is 9.59 Å². The molecular weight excluding hydrogens is 310 g/mol. The molecule has 24 heavy (non-hydrogen) atoms. The lowest BCUT2D eigenvalue weighted by molar-refractivity contribution is -0.126. The van der Waals surface area contributed by atoms with Gasteiger partial charge in [0.05, 0.1) is 5.54 Å². The Morgan fingerprint density at radius 3 is 2.50 bits per heavy atom. The van der Waals surface area contributed by atoms with Crippen LogP contribution in [0.15, 0.2) is 0 Å². The molecule has 0 aliphatic carbocycles. The van der Waals surface area contributed by atoms with Gasteiger partial charge < -0.3 is 25.4 Å². The van der Waals surface area contributed by atoms with Crippen LogP contribution in [0.3, 0.4) is 0 Å². The molecule has 7 nitrogen and oxygen atoms in total. The molecule has 2 amide bonds. The van der Waals surface area contributed by atoms with Crippen LogP contribution in [0.4, 0.5) is 0 Å². The highest BCUT2D eigenvalue weighted by molar-refractivity contribution is 5.85. The van der Waals surface area contributed by atoms with E-state index in [-0.39, 0.29) is 11.8 Å². The number of nitrogens with one attached hydrogen (secondary N) is 3. The Balaban J connectivity index is 2.03. The number of carbonyl (C=O) groups is 2. The fourth-order valence-electron chi connectivity index (χ4n) is 2.45. The summed E-state index contributed by atoms with van der Waals surface area (Å²) in [5.41, 5.74) is -0.665. The van der Waals surface area contributed by atoms with Crippen molar-refractivity contribution < 1.29 is 19.1 Å². The first-order chi connectivity index (χ1) is 11.4. The molecule has 140 valence electrons. The van der Waals surface area contributed by atoms with Gasteiger partial charge in [0.2, 0.25) is 11.8 Å². The van der Waals surface area contributed by atoms with Crippen LogP contribution in [0, 0.1) is 5.92 Å². The van der Waals surface area contributed by atoms with Crippen molar-refractivity contribution in [2.45, 2.75) is 45.6 Å². The highest BCUT2D eigenvalue weighted by atomic mass is 16.5. The van der Waals surface area contributed by atoms with Crippen LogP contribution in [0.25, 0.3) is 0 Å². The average Bonchev–Trinajstić information content (AvgIpc) is 2.55. The number of hydrogen-bond acceptors (Lipinski definition) is 5. The highest BCUT2D eigenvalue weighted by Gasteiger charge is 2.26. The molecule has 0 aromatic carbocycles. The third-order valence-electron chi connectivity index (χ3n) is 4.08. The normalized spacial score (nSPS) is 16.0. The minimum Gasteiger partial charge on any atom is -0.381 e. The standard InChI is InChI=1S/C17H33N3O4/c1-14(21)18-8-9-20-17(2,3)16(22)19-7-4-10-24-13-15-5-11-23-12-6-15/h15,20H,4-13H2,1-3H3,(H,18,21)(H,19,22). The highest BCUT2D eigenvalue weighted by Crippen LogP contribution is 2.14. The summed E-state index contributed by atoms with van der Waals surface area (Å²) < 4.78 is 11.0. The molecule has 1 heterocycles. The van der Waals surface area contributed by atoms with Crippen molar-refractivity contribution in [3.8, 4) is 0 Å². The van der Waals surface area contributed by atoms with E-state index in [0.29, 0.717) is 32.2 Å². The van der Waals surface area contributed by atoms with Gasteiger partial charge in [0.25, 0.3) is 0 Å². The second kappa shape index (κ2) is 11.4. The van der Waals surface area contributed by atoms with E-state index in [4.69, 9.17) is 9.47 Å². The summed E-state index contributed by atoms with van der Waals surface area (Å²) in [6.45, 7) is 9.92. The van der Waals surface area contributed by atoms with Crippen molar-refractivity contribution in [1.29, 1.82) is 0 Å².